The van der Waals surface area contributed by atoms with Crippen molar-refractivity contribution in [1.29, 1.82) is 0 Å². The Bertz CT molecular complexity index is 928. The fraction of sp³-hybridized carbons (Fsp3) is 0.217. The van der Waals surface area contributed by atoms with Gasteiger partial charge in [0.25, 0.3) is 5.91 Å². The molecule has 0 spiro atoms. The Morgan fingerprint density at radius 2 is 1.69 bits per heavy atom. The van der Waals surface area contributed by atoms with Gasteiger partial charge in [0, 0.05) is 13.2 Å². The molecule has 6 heteroatoms. The monoisotopic (exact) mass is 391 g/mol. The summed E-state index contributed by atoms with van der Waals surface area (Å²) in [7, 11) is 0. The number of rotatable bonds is 9. The van der Waals surface area contributed by atoms with Gasteiger partial charge in [0.1, 0.15) is 18.2 Å². The zero-order valence-corrected chi connectivity index (χ0v) is 16.4. The van der Waals surface area contributed by atoms with E-state index in [1.807, 2.05) is 61.5 Å². The third-order valence-corrected chi connectivity index (χ3v) is 4.31. The first-order valence-electron chi connectivity index (χ1n) is 9.52. The maximum atomic E-state index is 12.4. The molecule has 3 rings (SSSR count). The van der Waals surface area contributed by atoms with E-state index < -0.39 is 0 Å². The molecule has 6 nitrogen and oxygen atoms in total. The van der Waals surface area contributed by atoms with Crippen molar-refractivity contribution in [2.75, 3.05) is 12.3 Å². The summed E-state index contributed by atoms with van der Waals surface area (Å²) in [5.74, 6) is 0.782. The number of carbonyl (C=O) groups excluding carboxylic acids is 1. The summed E-state index contributed by atoms with van der Waals surface area (Å²) in [6, 6.07) is 21.0. The van der Waals surface area contributed by atoms with Gasteiger partial charge in [-0.15, -0.1) is 0 Å². The third kappa shape index (κ3) is 6.05. The molecule has 0 aliphatic heterocycles. The number of hydrogen-bond acceptors (Lipinski definition) is 5. The zero-order chi connectivity index (χ0) is 20.5. The van der Waals surface area contributed by atoms with Crippen LogP contribution in [-0.4, -0.2) is 17.5 Å². The number of benzene rings is 2. The smallest absolute Gasteiger partial charge is 0.255 e. The van der Waals surface area contributed by atoms with Crippen LogP contribution in [0, 0.1) is 0 Å². The van der Waals surface area contributed by atoms with Crippen LogP contribution in [0.3, 0.4) is 0 Å². The lowest BCUT2D eigenvalue weighted by Gasteiger charge is -2.10. The van der Waals surface area contributed by atoms with E-state index in [1.54, 1.807) is 12.1 Å². The van der Waals surface area contributed by atoms with E-state index in [0.717, 1.165) is 16.9 Å². The van der Waals surface area contributed by atoms with Gasteiger partial charge in [-0.2, -0.15) is 0 Å². The number of nitrogens with zero attached hydrogens (tertiary/aromatic N) is 1. The van der Waals surface area contributed by atoms with Gasteiger partial charge in [0.15, 0.2) is 0 Å². The number of amides is 1. The largest absolute Gasteiger partial charge is 0.489 e. The Morgan fingerprint density at radius 1 is 0.966 bits per heavy atom. The zero-order valence-electron chi connectivity index (χ0n) is 16.4. The highest BCUT2D eigenvalue weighted by Gasteiger charge is 2.11. The predicted octanol–water partition coefficient (Wildman–Crippen LogP) is 3.71. The minimum absolute atomic E-state index is 0.202. The molecule has 1 aromatic heterocycles. The third-order valence-electron chi connectivity index (χ3n) is 4.31. The van der Waals surface area contributed by atoms with Crippen LogP contribution in [0.25, 0.3) is 0 Å². The highest BCUT2D eigenvalue weighted by molar-refractivity contribution is 5.98. The molecule has 29 heavy (non-hydrogen) atoms. The van der Waals surface area contributed by atoms with Crippen LogP contribution in [0.5, 0.6) is 5.75 Å². The first kappa shape index (κ1) is 20.4. The van der Waals surface area contributed by atoms with Gasteiger partial charge >= 0.3 is 0 Å². The van der Waals surface area contributed by atoms with Crippen molar-refractivity contribution in [3.63, 3.8) is 0 Å². The van der Waals surface area contributed by atoms with Gasteiger partial charge in [-0.3, -0.25) is 4.79 Å². The molecule has 0 saturated heterocycles. The van der Waals surface area contributed by atoms with Gasteiger partial charge in [0.05, 0.1) is 17.9 Å². The fourth-order valence-corrected chi connectivity index (χ4v) is 2.71. The van der Waals surface area contributed by atoms with E-state index in [1.165, 1.54) is 0 Å². The van der Waals surface area contributed by atoms with Crippen LogP contribution in [0.4, 0.5) is 5.82 Å². The van der Waals surface area contributed by atoms with Crippen LogP contribution in [0.15, 0.2) is 66.7 Å². The second-order valence-corrected chi connectivity index (χ2v) is 6.47. The topological polar surface area (TPSA) is 86.5 Å². The lowest BCUT2D eigenvalue weighted by Crippen LogP contribution is -2.24. The Labute approximate surface area is 170 Å². The molecule has 1 amide bonds. The van der Waals surface area contributed by atoms with Crippen LogP contribution >= 0.6 is 0 Å². The summed E-state index contributed by atoms with van der Waals surface area (Å²) >= 11 is 0. The van der Waals surface area contributed by atoms with Crippen molar-refractivity contribution < 1.29 is 14.3 Å². The van der Waals surface area contributed by atoms with E-state index in [4.69, 9.17) is 15.2 Å². The maximum Gasteiger partial charge on any atom is 0.255 e. The van der Waals surface area contributed by atoms with Crippen molar-refractivity contribution in [1.82, 2.24) is 10.3 Å². The standard InChI is InChI=1S/C23H25N3O3/c1-2-28-16-19-12-13-21(22(24)26-19)23(27)25-14-17-8-10-18(11-9-17)15-29-20-6-4-3-5-7-20/h3-13H,2,14-16H2,1H3,(H2,24,26)(H,25,27). The molecule has 0 aliphatic rings. The van der Waals surface area contributed by atoms with Gasteiger partial charge in [-0.1, -0.05) is 42.5 Å². The number of nitrogens with one attached hydrogen (secondary N) is 1. The summed E-state index contributed by atoms with van der Waals surface area (Å²) in [6.45, 7) is 3.78. The second kappa shape index (κ2) is 10.2. The molecule has 0 aliphatic carbocycles. The lowest BCUT2D eigenvalue weighted by molar-refractivity contribution is 0.0951. The SMILES string of the molecule is CCOCc1ccc(C(=O)NCc2ccc(COc3ccccc3)cc2)c(N)n1. The van der Waals surface area contributed by atoms with Crippen molar-refractivity contribution in [2.45, 2.75) is 26.7 Å². The summed E-state index contributed by atoms with van der Waals surface area (Å²) in [5.41, 5.74) is 9.03. The predicted molar refractivity (Wildman–Crippen MR) is 112 cm³/mol. The van der Waals surface area contributed by atoms with Crippen molar-refractivity contribution in [3.8, 4) is 5.75 Å². The van der Waals surface area contributed by atoms with Gasteiger partial charge < -0.3 is 20.5 Å². The minimum atomic E-state index is -0.255. The quantitative estimate of drug-likeness (QED) is 0.581. The fourth-order valence-electron chi connectivity index (χ4n) is 2.71. The van der Waals surface area contributed by atoms with Gasteiger partial charge in [-0.25, -0.2) is 4.98 Å². The molecule has 3 N–H and O–H groups in total. The summed E-state index contributed by atoms with van der Waals surface area (Å²) in [5, 5.41) is 2.87. The molecule has 2 aromatic carbocycles. The molecular weight excluding hydrogens is 366 g/mol. The Morgan fingerprint density at radius 3 is 2.38 bits per heavy atom. The van der Waals surface area contributed by atoms with Crippen LogP contribution in [0.2, 0.25) is 0 Å². The maximum absolute atomic E-state index is 12.4. The van der Waals surface area contributed by atoms with Gasteiger partial charge in [0.2, 0.25) is 0 Å². The van der Waals surface area contributed by atoms with E-state index in [-0.39, 0.29) is 11.7 Å². The second-order valence-electron chi connectivity index (χ2n) is 6.47. The van der Waals surface area contributed by atoms with E-state index in [2.05, 4.69) is 10.3 Å². The number of carbonyl (C=O) groups is 1. The Balaban J connectivity index is 1.51. The normalized spacial score (nSPS) is 10.5. The number of para-hydroxylation sites is 1. The molecule has 0 radical (unpaired) electrons. The molecule has 0 unspecified atom stereocenters. The van der Waals surface area contributed by atoms with Crippen LogP contribution in [0.1, 0.15) is 34.1 Å². The average molecular weight is 391 g/mol. The molecule has 0 bridgehead atoms. The Kier molecular flexibility index (Phi) is 7.19. The lowest BCUT2D eigenvalue weighted by atomic mass is 10.1. The molecule has 150 valence electrons. The van der Waals surface area contributed by atoms with Crippen LogP contribution < -0.4 is 15.8 Å². The first-order valence-corrected chi connectivity index (χ1v) is 9.52. The van der Waals surface area contributed by atoms with E-state index in [0.29, 0.717) is 37.6 Å². The van der Waals surface area contributed by atoms with E-state index >= 15 is 0 Å². The highest BCUT2D eigenvalue weighted by atomic mass is 16.5. The molecule has 3 aromatic rings. The minimum Gasteiger partial charge on any atom is -0.489 e. The summed E-state index contributed by atoms with van der Waals surface area (Å²) in [4.78, 5) is 16.6. The summed E-state index contributed by atoms with van der Waals surface area (Å²) < 4.78 is 11.0. The number of pyridine rings is 1. The van der Waals surface area contributed by atoms with Crippen LogP contribution in [-0.2, 0) is 24.5 Å². The van der Waals surface area contributed by atoms with Crippen molar-refractivity contribution >= 4 is 11.7 Å². The number of nitrogens with two attached hydrogens (primary N) is 1. The highest BCUT2D eigenvalue weighted by Crippen LogP contribution is 2.13. The average Bonchev–Trinajstić information content (AvgIpc) is 2.76. The molecule has 0 atom stereocenters. The molecular formula is C23H25N3O3. The van der Waals surface area contributed by atoms with Crippen molar-refractivity contribution in [3.05, 3.63) is 89.1 Å². The number of aromatic nitrogens is 1. The molecule has 0 fully saturated rings. The number of anilines is 1. The molecule has 1 heterocycles. The van der Waals surface area contributed by atoms with Gasteiger partial charge in [-0.05, 0) is 42.3 Å². The number of hydrogen-bond donors (Lipinski definition) is 2. The van der Waals surface area contributed by atoms with Crippen molar-refractivity contribution in [2.24, 2.45) is 0 Å². The molecule has 0 saturated carbocycles. The summed E-state index contributed by atoms with van der Waals surface area (Å²) in [6.07, 6.45) is 0. The van der Waals surface area contributed by atoms with E-state index in [9.17, 15) is 4.79 Å². The number of nitrogen functional groups attached to an aromatic ring is 1. The Hall–Kier alpha value is -3.38. The number of ether oxygens (including phenoxy) is 2. The first-order chi connectivity index (χ1) is 14.2.